The SMILES string of the molecule is CCNC(=NCc1ccnn1C)N1CCN(c2ccccc2O)CC1.I. The molecule has 1 saturated heterocycles. The van der Waals surface area contributed by atoms with Crippen LogP contribution in [0.5, 0.6) is 5.75 Å². The molecule has 1 fully saturated rings. The molecule has 7 nitrogen and oxygen atoms in total. The molecule has 3 rings (SSSR count). The summed E-state index contributed by atoms with van der Waals surface area (Å²) in [7, 11) is 1.93. The number of nitrogens with zero attached hydrogens (tertiary/aromatic N) is 5. The fourth-order valence-electron chi connectivity index (χ4n) is 3.03. The van der Waals surface area contributed by atoms with Gasteiger partial charge in [0.2, 0.25) is 0 Å². The minimum absolute atomic E-state index is 0. The zero-order valence-electron chi connectivity index (χ0n) is 15.3. The van der Waals surface area contributed by atoms with E-state index in [0.717, 1.165) is 50.1 Å². The topological polar surface area (TPSA) is 68.9 Å². The number of para-hydroxylation sites is 2. The molecular weight excluding hydrogens is 443 g/mol. The number of aromatic nitrogens is 2. The third-order valence-electron chi connectivity index (χ3n) is 4.45. The molecule has 0 amide bonds. The van der Waals surface area contributed by atoms with Crippen LogP contribution in [-0.4, -0.2) is 58.5 Å². The number of hydrogen-bond donors (Lipinski definition) is 2. The van der Waals surface area contributed by atoms with Crippen LogP contribution in [0.2, 0.25) is 0 Å². The van der Waals surface area contributed by atoms with E-state index in [4.69, 9.17) is 4.99 Å². The summed E-state index contributed by atoms with van der Waals surface area (Å²) in [5, 5.41) is 17.6. The van der Waals surface area contributed by atoms with Crippen molar-refractivity contribution in [3.05, 3.63) is 42.2 Å². The van der Waals surface area contributed by atoms with Crippen LogP contribution in [0, 0.1) is 0 Å². The van der Waals surface area contributed by atoms with Crippen molar-refractivity contribution in [3.63, 3.8) is 0 Å². The van der Waals surface area contributed by atoms with Gasteiger partial charge in [-0.2, -0.15) is 5.10 Å². The number of anilines is 1. The predicted molar refractivity (Wildman–Crippen MR) is 115 cm³/mol. The molecule has 2 aromatic rings. The number of phenolic OH excluding ortho intramolecular Hbond substituents is 1. The van der Waals surface area contributed by atoms with Crippen LogP contribution in [0.15, 0.2) is 41.5 Å². The first-order chi connectivity index (χ1) is 12.2. The van der Waals surface area contributed by atoms with E-state index < -0.39 is 0 Å². The van der Waals surface area contributed by atoms with Gasteiger partial charge in [-0.15, -0.1) is 24.0 Å². The predicted octanol–water partition coefficient (Wildman–Crippen LogP) is 2.03. The van der Waals surface area contributed by atoms with Crippen LogP contribution in [0.3, 0.4) is 0 Å². The lowest BCUT2D eigenvalue weighted by Crippen LogP contribution is -2.52. The number of phenols is 1. The highest BCUT2D eigenvalue weighted by Gasteiger charge is 2.21. The Morgan fingerprint density at radius 3 is 2.54 bits per heavy atom. The van der Waals surface area contributed by atoms with Gasteiger partial charge in [0.05, 0.1) is 17.9 Å². The van der Waals surface area contributed by atoms with Crippen molar-refractivity contribution in [1.82, 2.24) is 20.0 Å². The van der Waals surface area contributed by atoms with Gasteiger partial charge in [-0.25, -0.2) is 4.99 Å². The lowest BCUT2D eigenvalue weighted by atomic mass is 10.2. The van der Waals surface area contributed by atoms with E-state index in [1.807, 2.05) is 36.0 Å². The molecule has 0 bridgehead atoms. The number of hydrogen-bond acceptors (Lipinski definition) is 4. The first-order valence-corrected chi connectivity index (χ1v) is 8.72. The lowest BCUT2D eigenvalue weighted by Gasteiger charge is -2.37. The van der Waals surface area contributed by atoms with Crippen LogP contribution in [0.4, 0.5) is 5.69 Å². The molecule has 0 saturated carbocycles. The zero-order valence-corrected chi connectivity index (χ0v) is 17.6. The monoisotopic (exact) mass is 470 g/mol. The van der Waals surface area contributed by atoms with Crippen molar-refractivity contribution in [2.24, 2.45) is 12.0 Å². The van der Waals surface area contributed by atoms with E-state index in [9.17, 15) is 5.11 Å². The second-order valence-electron chi connectivity index (χ2n) is 6.08. The number of aliphatic imine (C=N–C) groups is 1. The summed E-state index contributed by atoms with van der Waals surface area (Å²) in [5.74, 6) is 1.27. The fraction of sp³-hybridized carbons (Fsp3) is 0.444. The Labute approximate surface area is 171 Å². The molecule has 1 aliphatic heterocycles. The van der Waals surface area contributed by atoms with Gasteiger partial charge in [-0.3, -0.25) is 4.68 Å². The number of aromatic hydroxyl groups is 1. The molecule has 0 spiro atoms. The van der Waals surface area contributed by atoms with E-state index in [1.165, 1.54) is 0 Å². The highest BCUT2D eigenvalue weighted by Crippen LogP contribution is 2.27. The maximum atomic E-state index is 10.0. The van der Waals surface area contributed by atoms with Gasteiger partial charge in [-0.1, -0.05) is 12.1 Å². The van der Waals surface area contributed by atoms with Gasteiger partial charge >= 0.3 is 0 Å². The van der Waals surface area contributed by atoms with E-state index in [2.05, 4.69) is 27.1 Å². The largest absolute Gasteiger partial charge is 0.506 e. The first-order valence-electron chi connectivity index (χ1n) is 8.72. The molecule has 0 radical (unpaired) electrons. The van der Waals surface area contributed by atoms with Crippen LogP contribution in [0.1, 0.15) is 12.6 Å². The fourth-order valence-corrected chi connectivity index (χ4v) is 3.03. The van der Waals surface area contributed by atoms with Crippen molar-refractivity contribution < 1.29 is 5.11 Å². The number of benzene rings is 1. The molecule has 1 aliphatic rings. The second kappa shape index (κ2) is 9.65. The lowest BCUT2D eigenvalue weighted by molar-refractivity contribution is 0.369. The summed E-state index contributed by atoms with van der Waals surface area (Å²) >= 11 is 0. The van der Waals surface area contributed by atoms with Crippen LogP contribution >= 0.6 is 24.0 Å². The molecule has 0 unspecified atom stereocenters. The van der Waals surface area contributed by atoms with Crippen LogP contribution in [0.25, 0.3) is 0 Å². The highest BCUT2D eigenvalue weighted by molar-refractivity contribution is 14.0. The van der Waals surface area contributed by atoms with Crippen molar-refractivity contribution in [2.45, 2.75) is 13.5 Å². The third-order valence-corrected chi connectivity index (χ3v) is 4.45. The van der Waals surface area contributed by atoms with E-state index in [1.54, 1.807) is 12.3 Å². The van der Waals surface area contributed by atoms with Crippen molar-refractivity contribution in [3.8, 4) is 5.75 Å². The Balaban J connectivity index is 0.00000243. The van der Waals surface area contributed by atoms with Gasteiger partial charge in [-0.05, 0) is 25.1 Å². The molecule has 0 atom stereocenters. The summed E-state index contributed by atoms with van der Waals surface area (Å²) in [5.41, 5.74) is 1.99. The van der Waals surface area contributed by atoms with Crippen LogP contribution < -0.4 is 10.2 Å². The number of piperazine rings is 1. The highest BCUT2D eigenvalue weighted by atomic mass is 127. The molecule has 1 aromatic carbocycles. The second-order valence-corrected chi connectivity index (χ2v) is 6.08. The number of halogens is 1. The molecule has 1 aromatic heterocycles. The summed E-state index contributed by atoms with van der Waals surface area (Å²) < 4.78 is 1.85. The third kappa shape index (κ3) is 4.80. The molecule has 8 heteroatoms. The first kappa shape index (κ1) is 20.3. The maximum Gasteiger partial charge on any atom is 0.194 e. The van der Waals surface area contributed by atoms with Crippen molar-refractivity contribution in [1.29, 1.82) is 0 Å². The standard InChI is InChI=1S/C18H26N6O.HI/c1-3-19-18(20-14-15-8-9-21-22(15)2)24-12-10-23(11-13-24)16-6-4-5-7-17(16)25;/h4-9,25H,3,10-14H2,1-2H3,(H,19,20);1H. The Morgan fingerprint density at radius 1 is 1.19 bits per heavy atom. The van der Waals surface area contributed by atoms with Crippen LogP contribution in [-0.2, 0) is 13.6 Å². The summed E-state index contributed by atoms with van der Waals surface area (Å²) in [6.45, 7) is 6.97. The van der Waals surface area contributed by atoms with E-state index >= 15 is 0 Å². The van der Waals surface area contributed by atoms with Gasteiger partial charge in [0.1, 0.15) is 5.75 Å². The van der Waals surface area contributed by atoms with Gasteiger partial charge in [0.15, 0.2) is 5.96 Å². The molecule has 142 valence electrons. The summed E-state index contributed by atoms with van der Waals surface area (Å²) in [6, 6.07) is 9.50. The quantitative estimate of drug-likeness (QED) is 0.407. The molecule has 26 heavy (non-hydrogen) atoms. The molecular formula is C18H27IN6O. The smallest absolute Gasteiger partial charge is 0.194 e. The minimum atomic E-state index is 0. The Bertz CT molecular complexity index is 724. The Kier molecular flexibility index (Phi) is 7.55. The van der Waals surface area contributed by atoms with Gasteiger partial charge < -0.3 is 20.2 Å². The Morgan fingerprint density at radius 2 is 1.92 bits per heavy atom. The van der Waals surface area contributed by atoms with Gasteiger partial charge in [0.25, 0.3) is 0 Å². The Hall–Kier alpha value is -1.97. The van der Waals surface area contributed by atoms with E-state index in [0.29, 0.717) is 12.3 Å². The minimum Gasteiger partial charge on any atom is -0.506 e. The van der Waals surface area contributed by atoms with Crippen molar-refractivity contribution >= 4 is 35.6 Å². The number of nitrogens with one attached hydrogen (secondary N) is 1. The molecule has 2 N–H and O–H groups in total. The zero-order chi connectivity index (χ0) is 17.6. The summed E-state index contributed by atoms with van der Waals surface area (Å²) in [6.07, 6.45) is 1.79. The van der Waals surface area contributed by atoms with E-state index in [-0.39, 0.29) is 24.0 Å². The normalized spacial score (nSPS) is 14.9. The average molecular weight is 470 g/mol. The van der Waals surface area contributed by atoms with Crippen molar-refractivity contribution in [2.75, 3.05) is 37.6 Å². The maximum absolute atomic E-state index is 10.0. The number of aryl methyl sites for hydroxylation is 1. The molecule has 2 heterocycles. The van der Waals surface area contributed by atoms with Gasteiger partial charge in [0, 0.05) is 46.0 Å². The summed E-state index contributed by atoms with van der Waals surface area (Å²) in [4.78, 5) is 9.25. The number of guanidine groups is 1. The molecule has 0 aliphatic carbocycles. The average Bonchev–Trinajstić information content (AvgIpc) is 3.04. The number of rotatable bonds is 4.